The van der Waals surface area contributed by atoms with E-state index in [1.807, 2.05) is 43.3 Å². The third-order valence-corrected chi connectivity index (χ3v) is 5.08. The number of benzene rings is 2. The van der Waals surface area contributed by atoms with Gasteiger partial charge < -0.3 is 25.1 Å². The fraction of sp³-hybridized carbons (Fsp3) is 0.273. The van der Waals surface area contributed by atoms with E-state index >= 15 is 0 Å². The average molecular weight is 393 g/mol. The van der Waals surface area contributed by atoms with Crippen molar-refractivity contribution < 1.29 is 18.7 Å². The number of carbonyl (C=O) groups excluding carboxylic acids is 2. The van der Waals surface area contributed by atoms with Crippen molar-refractivity contribution in [3.05, 3.63) is 64.9 Å². The molecule has 0 atom stereocenters. The number of carbonyl (C=O) groups is 2. The van der Waals surface area contributed by atoms with Crippen LogP contribution in [0.15, 0.2) is 46.9 Å². The minimum absolute atomic E-state index is 0.0182. The van der Waals surface area contributed by atoms with Gasteiger partial charge in [0, 0.05) is 43.5 Å². The van der Waals surface area contributed by atoms with E-state index < -0.39 is 12.1 Å². The quantitative estimate of drug-likeness (QED) is 0.522. The van der Waals surface area contributed by atoms with Crippen molar-refractivity contribution in [2.45, 2.75) is 13.3 Å². The molecule has 7 nitrogen and oxygen atoms in total. The number of esters is 1. The molecule has 7 heteroatoms. The maximum absolute atomic E-state index is 12.6. The Hall–Kier alpha value is -3.32. The minimum Gasteiger partial charge on any atom is -0.447 e. The first-order valence-electron chi connectivity index (χ1n) is 9.60. The van der Waals surface area contributed by atoms with Crippen LogP contribution in [0.4, 0.5) is 10.5 Å². The molecule has 150 valence electrons. The number of nitrogens with one attached hydrogen (secondary N) is 1. The van der Waals surface area contributed by atoms with Gasteiger partial charge in [-0.2, -0.15) is 0 Å². The van der Waals surface area contributed by atoms with E-state index in [0.717, 1.165) is 48.4 Å². The molecule has 3 aromatic rings. The van der Waals surface area contributed by atoms with E-state index in [1.54, 1.807) is 0 Å². The van der Waals surface area contributed by atoms with Crippen molar-refractivity contribution in [3.63, 3.8) is 0 Å². The number of rotatable bonds is 4. The molecule has 1 fully saturated rings. The monoisotopic (exact) mass is 393 g/mol. The maximum atomic E-state index is 12.6. The number of amides is 1. The van der Waals surface area contributed by atoms with Crippen molar-refractivity contribution in [2.75, 3.05) is 31.1 Å². The Bertz CT molecular complexity index is 1050. The summed E-state index contributed by atoms with van der Waals surface area (Å²) >= 11 is 0. The first-order chi connectivity index (χ1) is 14.0. The molecule has 3 N–H and O–H groups in total. The molecule has 2 aromatic carbocycles. The van der Waals surface area contributed by atoms with Gasteiger partial charge in [0.05, 0.1) is 5.69 Å². The van der Waals surface area contributed by atoms with Gasteiger partial charge in [-0.3, -0.25) is 0 Å². The molecule has 4 rings (SSSR count). The van der Waals surface area contributed by atoms with Gasteiger partial charge in [0.2, 0.25) is 5.76 Å². The molecule has 0 aliphatic carbocycles. The first kappa shape index (κ1) is 19.0. The molecule has 1 amide bonds. The zero-order valence-corrected chi connectivity index (χ0v) is 16.2. The number of nitrogens with zero attached hydrogens (tertiary/aromatic N) is 1. The Labute approximate surface area is 168 Å². The fourth-order valence-corrected chi connectivity index (χ4v) is 3.79. The van der Waals surface area contributed by atoms with Crippen LogP contribution in [-0.2, 0) is 11.2 Å². The lowest BCUT2D eigenvalue weighted by Gasteiger charge is -2.29. The van der Waals surface area contributed by atoms with E-state index in [-0.39, 0.29) is 5.76 Å². The lowest BCUT2D eigenvalue weighted by atomic mass is 10.00. The van der Waals surface area contributed by atoms with Gasteiger partial charge in [0.1, 0.15) is 0 Å². The summed E-state index contributed by atoms with van der Waals surface area (Å²) in [6.45, 7) is 5.46. The second kappa shape index (κ2) is 7.97. The summed E-state index contributed by atoms with van der Waals surface area (Å²) in [5.74, 6) is -0.854. The van der Waals surface area contributed by atoms with Crippen LogP contribution in [0.5, 0.6) is 0 Å². The summed E-state index contributed by atoms with van der Waals surface area (Å²) in [6, 6.07) is 13.8. The number of furan rings is 1. The predicted octanol–water partition coefficient (Wildman–Crippen LogP) is 2.98. The van der Waals surface area contributed by atoms with E-state index in [9.17, 15) is 9.59 Å². The number of fused-ring (bicyclic) bond motifs is 1. The van der Waals surface area contributed by atoms with E-state index in [0.29, 0.717) is 17.6 Å². The van der Waals surface area contributed by atoms with Crippen molar-refractivity contribution in [1.82, 2.24) is 5.32 Å². The molecule has 29 heavy (non-hydrogen) atoms. The first-order valence-corrected chi connectivity index (χ1v) is 9.60. The average Bonchev–Trinajstić information content (AvgIpc) is 3.07. The van der Waals surface area contributed by atoms with Crippen LogP contribution in [0.1, 0.15) is 27.2 Å². The van der Waals surface area contributed by atoms with Gasteiger partial charge in [-0.15, -0.1) is 0 Å². The third-order valence-electron chi connectivity index (χ3n) is 5.08. The van der Waals surface area contributed by atoms with Crippen molar-refractivity contribution in [3.8, 4) is 0 Å². The molecule has 0 saturated carbocycles. The molecular weight excluding hydrogens is 370 g/mol. The number of ether oxygens (including phenoxy) is 1. The SMILES string of the molecule is Cc1cc(N2CCNCC2)c2oc(C(=O)OC(N)=O)c(Cc3ccccc3)c2c1. The Morgan fingerprint density at radius 3 is 2.59 bits per heavy atom. The van der Waals surface area contributed by atoms with E-state index in [2.05, 4.69) is 21.0 Å². The van der Waals surface area contributed by atoms with E-state index in [4.69, 9.17) is 10.2 Å². The van der Waals surface area contributed by atoms with Crippen LogP contribution in [0.25, 0.3) is 11.0 Å². The summed E-state index contributed by atoms with van der Waals surface area (Å²) in [4.78, 5) is 26.0. The molecule has 0 unspecified atom stereocenters. The fourth-order valence-electron chi connectivity index (χ4n) is 3.79. The van der Waals surface area contributed by atoms with Crippen LogP contribution in [0.3, 0.4) is 0 Å². The highest BCUT2D eigenvalue weighted by Gasteiger charge is 2.27. The Kier molecular flexibility index (Phi) is 5.22. The molecule has 0 radical (unpaired) electrons. The largest absolute Gasteiger partial charge is 0.447 e. The maximum Gasteiger partial charge on any atom is 0.412 e. The van der Waals surface area contributed by atoms with Crippen LogP contribution in [0, 0.1) is 6.92 Å². The van der Waals surface area contributed by atoms with E-state index in [1.165, 1.54) is 0 Å². The molecule has 1 aliphatic rings. The van der Waals surface area contributed by atoms with Gasteiger partial charge in [-0.25, -0.2) is 9.59 Å². The minimum atomic E-state index is -1.15. The molecule has 1 saturated heterocycles. The normalized spacial score (nSPS) is 14.2. The van der Waals surface area contributed by atoms with Crippen molar-refractivity contribution in [2.24, 2.45) is 5.73 Å². The molecule has 0 bridgehead atoms. The lowest BCUT2D eigenvalue weighted by Crippen LogP contribution is -2.43. The van der Waals surface area contributed by atoms with Crippen molar-refractivity contribution in [1.29, 1.82) is 0 Å². The number of nitrogens with two attached hydrogens (primary N) is 1. The number of primary amides is 1. The van der Waals surface area contributed by atoms with Gasteiger partial charge >= 0.3 is 12.1 Å². The number of hydrogen-bond acceptors (Lipinski definition) is 6. The highest BCUT2D eigenvalue weighted by molar-refractivity contribution is 6.03. The summed E-state index contributed by atoms with van der Waals surface area (Å²) in [5, 5.41) is 4.18. The highest BCUT2D eigenvalue weighted by atomic mass is 16.6. The number of anilines is 1. The number of aryl methyl sites for hydroxylation is 1. The summed E-state index contributed by atoms with van der Waals surface area (Å²) in [6.07, 6.45) is -0.679. The lowest BCUT2D eigenvalue weighted by molar-refractivity contribution is 0.0605. The standard InChI is InChI=1S/C22H23N3O4/c1-14-11-16-17(13-15-5-3-2-4-6-15)20(21(26)29-22(23)27)28-19(16)18(12-14)25-9-7-24-8-10-25/h2-6,11-12,24H,7-10,13H2,1H3,(H2,23,27). The topological polar surface area (TPSA) is 97.8 Å². The zero-order chi connectivity index (χ0) is 20.4. The molecule has 2 heterocycles. The zero-order valence-electron chi connectivity index (χ0n) is 16.2. The van der Waals surface area contributed by atoms with Gasteiger partial charge in [-0.05, 0) is 30.2 Å². The predicted molar refractivity (Wildman–Crippen MR) is 110 cm³/mol. The van der Waals surface area contributed by atoms with Crippen LogP contribution >= 0.6 is 0 Å². The summed E-state index contributed by atoms with van der Waals surface area (Å²) in [7, 11) is 0. The Balaban J connectivity index is 1.88. The second-order valence-electron chi connectivity index (χ2n) is 7.18. The molecule has 1 aliphatic heterocycles. The van der Waals surface area contributed by atoms with Gasteiger partial charge in [-0.1, -0.05) is 30.3 Å². The van der Waals surface area contributed by atoms with Crippen LogP contribution < -0.4 is 16.0 Å². The Morgan fingerprint density at radius 2 is 1.90 bits per heavy atom. The van der Waals surface area contributed by atoms with Gasteiger partial charge in [0.15, 0.2) is 5.58 Å². The second-order valence-corrected chi connectivity index (χ2v) is 7.18. The molecular formula is C22H23N3O4. The van der Waals surface area contributed by atoms with Gasteiger partial charge in [0.25, 0.3) is 0 Å². The molecule has 0 spiro atoms. The summed E-state index contributed by atoms with van der Waals surface area (Å²) < 4.78 is 10.7. The Morgan fingerprint density at radius 1 is 1.17 bits per heavy atom. The summed E-state index contributed by atoms with van der Waals surface area (Å²) in [5.41, 5.74) is 9.40. The van der Waals surface area contributed by atoms with Crippen molar-refractivity contribution >= 4 is 28.7 Å². The number of hydrogen-bond donors (Lipinski definition) is 2. The van der Waals surface area contributed by atoms with Crippen LogP contribution in [-0.4, -0.2) is 38.2 Å². The molecule has 1 aromatic heterocycles. The smallest absolute Gasteiger partial charge is 0.412 e. The highest BCUT2D eigenvalue weighted by Crippen LogP contribution is 2.36. The number of piperazine rings is 1. The third kappa shape index (κ3) is 3.95. The van der Waals surface area contributed by atoms with Crippen LogP contribution in [0.2, 0.25) is 0 Å².